The lowest BCUT2D eigenvalue weighted by Crippen LogP contribution is -2.65. The van der Waals surface area contributed by atoms with Crippen LogP contribution in [0.2, 0.25) is 0 Å². The van der Waals surface area contributed by atoms with Crippen LogP contribution in [-0.4, -0.2) is 106 Å². The lowest BCUT2D eigenvalue weighted by atomic mass is 9.96. The van der Waals surface area contributed by atoms with Crippen LogP contribution in [-0.2, 0) is 23.8 Å². The highest BCUT2D eigenvalue weighted by atomic mass is 16.7. The lowest BCUT2D eigenvalue weighted by molar-refractivity contribution is -0.290. The van der Waals surface area contributed by atoms with E-state index >= 15 is 0 Å². The Morgan fingerprint density at radius 3 is 2.24 bits per heavy atom. The molecule has 6 N–H and O–H groups in total. The van der Waals surface area contributed by atoms with Gasteiger partial charge in [0.25, 0.3) is 0 Å². The van der Waals surface area contributed by atoms with E-state index in [1.807, 2.05) is 0 Å². The second-order valence-electron chi connectivity index (χ2n) is 5.98. The van der Waals surface area contributed by atoms with Gasteiger partial charge in [-0.25, -0.2) is 0 Å². The van der Waals surface area contributed by atoms with Crippen LogP contribution in [0.3, 0.4) is 0 Å². The van der Waals surface area contributed by atoms with Gasteiger partial charge in [0.2, 0.25) is 5.91 Å². The van der Waals surface area contributed by atoms with Crippen molar-refractivity contribution < 1.29 is 49.3 Å². The second-order valence-corrected chi connectivity index (χ2v) is 5.98. The van der Waals surface area contributed by atoms with E-state index in [2.05, 4.69) is 5.32 Å². The van der Waals surface area contributed by atoms with Gasteiger partial charge in [-0.1, -0.05) is 0 Å². The molecule has 2 fully saturated rings. The Kier molecular flexibility index (Phi) is 6.82. The molecule has 1 amide bonds. The molecule has 11 nitrogen and oxygen atoms in total. The highest BCUT2D eigenvalue weighted by Gasteiger charge is 2.50. The third-order valence-electron chi connectivity index (χ3n) is 4.23. The number of amides is 1. The Morgan fingerprint density at radius 1 is 1.08 bits per heavy atom. The molecule has 0 radical (unpaired) electrons. The van der Waals surface area contributed by atoms with Gasteiger partial charge in [0.05, 0.1) is 13.2 Å². The van der Waals surface area contributed by atoms with E-state index in [1.165, 1.54) is 6.92 Å². The molecule has 2 heterocycles. The SMILES string of the molecule is CC(=O)N[C@H]1[C@H](O[C@H]2[C@H](O)[C@@H](C=O)O[C@@H]2CO)O[C@H](CO)[C@@H](O)[C@@H]1O. The maximum absolute atomic E-state index is 11.4. The Balaban J connectivity index is 2.20. The minimum Gasteiger partial charge on any atom is -0.394 e. The molecule has 2 aliphatic heterocycles. The van der Waals surface area contributed by atoms with Crippen molar-refractivity contribution in [2.45, 2.75) is 62.0 Å². The molecule has 2 saturated heterocycles. The van der Waals surface area contributed by atoms with Crippen LogP contribution in [0.4, 0.5) is 0 Å². The number of hydrogen-bond donors (Lipinski definition) is 6. The molecule has 0 spiro atoms. The topological polar surface area (TPSA) is 175 Å². The minimum atomic E-state index is -1.52. The number of aliphatic hydroxyl groups is 5. The quantitative estimate of drug-likeness (QED) is 0.252. The lowest BCUT2D eigenvalue weighted by Gasteiger charge is -2.43. The summed E-state index contributed by atoms with van der Waals surface area (Å²) in [7, 11) is 0. The molecule has 25 heavy (non-hydrogen) atoms. The molecule has 9 atom stereocenters. The smallest absolute Gasteiger partial charge is 0.217 e. The summed E-state index contributed by atoms with van der Waals surface area (Å²) in [6, 6.07) is -1.21. The van der Waals surface area contributed by atoms with Gasteiger partial charge in [0.15, 0.2) is 12.6 Å². The maximum atomic E-state index is 11.4. The Bertz CT molecular complexity index is 477. The Labute approximate surface area is 143 Å². The van der Waals surface area contributed by atoms with Crippen molar-refractivity contribution in [2.75, 3.05) is 13.2 Å². The van der Waals surface area contributed by atoms with Crippen LogP contribution in [0, 0.1) is 0 Å². The minimum absolute atomic E-state index is 0.360. The molecule has 0 unspecified atom stereocenters. The number of ether oxygens (including phenoxy) is 3. The summed E-state index contributed by atoms with van der Waals surface area (Å²) in [6.45, 7) is -0.00600. The monoisotopic (exact) mass is 365 g/mol. The van der Waals surface area contributed by atoms with Crippen LogP contribution >= 0.6 is 0 Å². The van der Waals surface area contributed by atoms with Crippen molar-refractivity contribution >= 4 is 12.2 Å². The highest BCUT2D eigenvalue weighted by molar-refractivity contribution is 5.73. The summed E-state index contributed by atoms with van der Waals surface area (Å²) in [5.41, 5.74) is 0. The number of carbonyl (C=O) groups is 2. The molecule has 11 heteroatoms. The molecule has 0 aromatic heterocycles. The van der Waals surface area contributed by atoms with Crippen molar-refractivity contribution in [3.05, 3.63) is 0 Å². The first-order valence-electron chi connectivity index (χ1n) is 7.78. The van der Waals surface area contributed by atoms with E-state index in [1.54, 1.807) is 0 Å². The fourth-order valence-electron chi connectivity index (χ4n) is 2.94. The third kappa shape index (κ3) is 4.15. The molecule has 0 aliphatic carbocycles. The van der Waals surface area contributed by atoms with Gasteiger partial charge in [0.1, 0.15) is 48.8 Å². The first kappa shape index (κ1) is 20.1. The molecule has 0 aromatic rings. The molecule has 0 aromatic carbocycles. The van der Waals surface area contributed by atoms with E-state index in [-0.39, 0.29) is 0 Å². The number of carbonyl (C=O) groups excluding carboxylic acids is 2. The van der Waals surface area contributed by atoms with Gasteiger partial charge in [-0.05, 0) is 0 Å². The van der Waals surface area contributed by atoms with Crippen molar-refractivity contribution in [3.63, 3.8) is 0 Å². The number of hydrogen-bond acceptors (Lipinski definition) is 10. The fourth-order valence-corrected chi connectivity index (χ4v) is 2.94. The number of nitrogens with one attached hydrogen (secondary N) is 1. The fraction of sp³-hybridized carbons (Fsp3) is 0.857. The summed E-state index contributed by atoms with van der Waals surface area (Å²) in [4.78, 5) is 22.3. The second kappa shape index (κ2) is 8.47. The summed E-state index contributed by atoms with van der Waals surface area (Å²) in [5.74, 6) is -0.538. The summed E-state index contributed by atoms with van der Waals surface area (Å²) in [6.07, 6.45) is -10.1. The third-order valence-corrected chi connectivity index (χ3v) is 4.23. The van der Waals surface area contributed by atoms with E-state index in [0.717, 1.165) is 0 Å². The van der Waals surface area contributed by atoms with E-state index in [0.29, 0.717) is 6.29 Å². The van der Waals surface area contributed by atoms with Crippen LogP contribution in [0.15, 0.2) is 0 Å². The molecular weight excluding hydrogens is 342 g/mol. The van der Waals surface area contributed by atoms with Gasteiger partial charge >= 0.3 is 0 Å². The zero-order valence-corrected chi connectivity index (χ0v) is 13.5. The average molecular weight is 365 g/mol. The molecule has 0 saturated carbocycles. The normalized spacial score (nSPS) is 44.5. The van der Waals surface area contributed by atoms with E-state index in [4.69, 9.17) is 14.2 Å². The van der Waals surface area contributed by atoms with Gasteiger partial charge < -0.3 is 49.9 Å². The Morgan fingerprint density at radius 2 is 1.72 bits per heavy atom. The summed E-state index contributed by atoms with van der Waals surface area (Å²) >= 11 is 0. The molecule has 0 bridgehead atoms. The first-order valence-corrected chi connectivity index (χ1v) is 7.78. The number of rotatable bonds is 6. The van der Waals surface area contributed by atoms with Crippen LogP contribution in [0.1, 0.15) is 6.92 Å². The molecule has 2 aliphatic rings. The van der Waals surface area contributed by atoms with Crippen molar-refractivity contribution in [3.8, 4) is 0 Å². The van der Waals surface area contributed by atoms with E-state index in [9.17, 15) is 35.1 Å². The average Bonchev–Trinajstić information content (AvgIpc) is 2.89. The predicted octanol–water partition coefficient (Wildman–Crippen LogP) is -4.37. The Hall–Kier alpha value is -1.18. The van der Waals surface area contributed by atoms with Crippen molar-refractivity contribution in [1.29, 1.82) is 0 Å². The first-order chi connectivity index (χ1) is 11.8. The van der Waals surface area contributed by atoms with Gasteiger partial charge in [-0.3, -0.25) is 4.79 Å². The standard InChI is InChI=1S/C14H23NO10/c1-5(19)15-9-12(22)10(20)6(2-16)24-14(9)25-13-8(4-18)23-7(3-17)11(13)21/h3,6-14,16,18,20-22H,2,4H2,1H3,(H,15,19)/t6-,7-,8-,9-,10-,11-,12-,13-,14+/m1/s1. The van der Waals surface area contributed by atoms with E-state index < -0.39 is 74.2 Å². The van der Waals surface area contributed by atoms with Gasteiger partial charge in [-0.2, -0.15) is 0 Å². The summed E-state index contributed by atoms with van der Waals surface area (Å²) < 4.78 is 16.1. The van der Waals surface area contributed by atoms with Crippen LogP contribution in [0.25, 0.3) is 0 Å². The number of aldehydes is 1. The zero-order valence-electron chi connectivity index (χ0n) is 13.5. The molecule has 2 rings (SSSR count). The van der Waals surface area contributed by atoms with Crippen molar-refractivity contribution in [2.24, 2.45) is 0 Å². The molecular formula is C14H23NO10. The highest BCUT2D eigenvalue weighted by Crippen LogP contribution is 2.29. The zero-order chi connectivity index (χ0) is 18.7. The van der Waals surface area contributed by atoms with Gasteiger partial charge in [0, 0.05) is 6.92 Å². The maximum Gasteiger partial charge on any atom is 0.217 e. The predicted molar refractivity (Wildman–Crippen MR) is 78.1 cm³/mol. The van der Waals surface area contributed by atoms with Crippen molar-refractivity contribution in [1.82, 2.24) is 5.32 Å². The van der Waals surface area contributed by atoms with Crippen LogP contribution in [0.5, 0.6) is 0 Å². The largest absolute Gasteiger partial charge is 0.394 e. The summed E-state index contributed by atoms with van der Waals surface area (Å²) in [5, 5.41) is 51.2. The van der Waals surface area contributed by atoms with Crippen LogP contribution < -0.4 is 5.32 Å². The van der Waals surface area contributed by atoms with Gasteiger partial charge in [-0.15, -0.1) is 0 Å². The molecule has 144 valence electrons. The number of aliphatic hydroxyl groups excluding tert-OH is 5.